The second kappa shape index (κ2) is 4.36. The Morgan fingerprint density at radius 1 is 1.14 bits per heavy atom. The lowest BCUT2D eigenvalue weighted by Gasteiger charge is -2.60. The molecule has 2 saturated carbocycles. The van der Waals surface area contributed by atoms with Gasteiger partial charge in [0, 0.05) is 12.5 Å². The predicted octanol–water partition coefficient (Wildman–Crippen LogP) is 4.06. The summed E-state index contributed by atoms with van der Waals surface area (Å²) >= 11 is 0. The van der Waals surface area contributed by atoms with Crippen LogP contribution < -0.4 is 5.32 Å². The van der Waals surface area contributed by atoms with Crippen molar-refractivity contribution in [1.82, 2.24) is 5.32 Å². The SMILES string of the molecule is CC1=CCC2C3CCC4NC(=O)CCC4(C)C3CCC12C. The van der Waals surface area contributed by atoms with E-state index in [9.17, 15) is 4.79 Å². The second-order valence-electron chi connectivity index (χ2n) is 8.66. The Kier molecular flexibility index (Phi) is 2.88. The fraction of sp³-hybridized carbons (Fsp3) is 0.842. The van der Waals surface area contributed by atoms with Crippen molar-refractivity contribution in [2.24, 2.45) is 28.6 Å². The van der Waals surface area contributed by atoms with Crippen LogP contribution in [0, 0.1) is 28.6 Å². The molecule has 0 aromatic heterocycles. The number of allylic oxidation sites excluding steroid dienone is 2. The Balaban J connectivity index is 1.64. The van der Waals surface area contributed by atoms with Gasteiger partial charge in [0.25, 0.3) is 0 Å². The van der Waals surface area contributed by atoms with Gasteiger partial charge in [-0.15, -0.1) is 0 Å². The fourth-order valence-electron chi connectivity index (χ4n) is 6.48. The summed E-state index contributed by atoms with van der Waals surface area (Å²) in [7, 11) is 0. The molecule has 0 bridgehead atoms. The molecule has 1 amide bonds. The van der Waals surface area contributed by atoms with Crippen molar-refractivity contribution in [2.75, 3.05) is 0 Å². The van der Waals surface area contributed by atoms with Crippen LogP contribution in [-0.4, -0.2) is 11.9 Å². The minimum absolute atomic E-state index is 0.287. The minimum Gasteiger partial charge on any atom is -0.353 e. The average molecular weight is 287 g/mol. The summed E-state index contributed by atoms with van der Waals surface area (Å²) in [5.41, 5.74) is 2.48. The normalized spacial score (nSPS) is 52.3. The first-order valence-corrected chi connectivity index (χ1v) is 8.92. The molecular formula is C19H29NO. The van der Waals surface area contributed by atoms with Gasteiger partial charge in [-0.25, -0.2) is 0 Å². The van der Waals surface area contributed by atoms with E-state index >= 15 is 0 Å². The third-order valence-corrected chi connectivity index (χ3v) is 8.06. The topological polar surface area (TPSA) is 29.1 Å². The van der Waals surface area contributed by atoms with Crippen molar-refractivity contribution in [1.29, 1.82) is 0 Å². The Morgan fingerprint density at radius 2 is 1.95 bits per heavy atom. The first-order chi connectivity index (χ1) is 9.95. The van der Waals surface area contributed by atoms with E-state index in [2.05, 4.69) is 32.2 Å². The van der Waals surface area contributed by atoms with Crippen LogP contribution in [0.3, 0.4) is 0 Å². The third kappa shape index (κ3) is 1.74. The molecular weight excluding hydrogens is 258 g/mol. The Labute approximate surface area is 128 Å². The molecule has 4 aliphatic rings. The van der Waals surface area contributed by atoms with Crippen molar-refractivity contribution in [3.63, 3.8) is 0 Å². The molecule has 2 nitrogen and oxygen atoms in total. The highest BCUT2D eigenvalue weighted by molar-refractivity contribution is 5.77. The minimum atomic E-state index is 0.287. The van der Waals surface area contributed by atoms with Crippen LogP contribution in [0.4, 0.5) is 0 Å². The van der Waals surface area contributed by atoms with Crippen LogP contribution in [0.5, 0.6) is 0 Å². The molecule has 6 atom stereocenters. The van der Waals surface area contributed by atoms with E-state index in [1.807, 2.05) is 0 Å². The monoisotopic (exact) mass is 287 g/mol. The summed E-state index contributed by atoms with van der Waals surface area (Å²) in [5, 5.41) is 3.32. The molecule has 0 aromatic carbocycles. The Bertz CT molecular complexity index is 510. The van der Waals surface area contributed by atoms with Crippen LogP contribution in [0.1, 0.15) is 65.7 Å². The van der Waals surface area contributed by atoms with E-state index < -0.39 is 0 Å². The quantitative estimate of drug-likeness (QED) is 0.669. The summed E-state index contributed by atoms with van der Waals surface area (Å²) in [4.78, 5) is 11.8. The lowest BCUT2D eigenvalue weighted by molar-refractivity contribution is -0.135. The van der Waals surface area contributed by atoms with Crippen LogP contribution in [0.15, 0.2) is 11.6 Å². The van der Waals surface area contributed by atoms with E-state index in [1.165, 1.54) is 32.1 Å². The highest BCUT2D eigenvalue weighted by atomic mass is 16.1. The van der Waals surface area contributed by atoms with Crippen LogP contribution in [0.2, 0.25) is 0 Å². The van der Waals surface area contributed by atoms with Crippen LogP contribution in [0.25, 0.3) is 0 Å². The van der Waals surface area contributed by atoms with Gasteiger partial charge >= 0.3 is 0 Å². The summed E-state index contributed by atoms with van der Waals surface area (Å²) in [5.74, 6) is 2.87. The molecule has 21 heavy (non-hydrogen) atoms. The van der Waals surface area contributed by atoms with Gasteiger partial charge in [0.2, 0.25) is 5.91 Å². The van der Waals surface area contributed by atoms with Crippen molar-refractivity contribution < 1.29 is 4.79 Å². The zero-order valence-electron chi connectivity index (χ0n) is 13.7. The fourth-order valence-corrected chi connectivity index (χ4v) is 6.48. The number of amides is 1. The highest BCUT2D eigenvalue weighted by Crippen LogP contribution is 2.63. The highest BCUT2D eigenvalue weighted by Gasteiger charge is 2.58. The molecule has 3 fully saturated rings. The van der Waals surface area contributed by atoms with Gasteiger partial charge in [0.05, 0.1) is 0 Å². The third-order valence-electron chi connectivity index (χ3n) is 8.06. The molecule has 6 unspecified atom stereocenters. The van der Waals surface area contributed by atoms with E-state index in [-0.39, 0.29) is 5.91 Å². The predicted molar refractivity (Wildman–Crippen MR) is 84.7 cm³/mol. The molecule has 3 aliphatic carbocycles. The zero-order valence-corrected chi connectivity index (χ0v) is 13.7. The first-order valence-electron chi connectivity index (χ1n) is 8.92. The number of rotatable bonds is 0. The van der Waals surface area contributed by atoms with E-state index in [0.29, 0.717) is 16.9 Å². The van der Waals surface area contributed by atoms with Gasteiger partial charge in [0.1, 0.15) is 0 Å². The molecule has 1 heterocycles. The smallest absolute Gasteiger partial charge is 0.220 e. The van der Waals surface area contributed by atoms with E-state index in [1.54, 1.807) is 5.57 Å². The molecule has 1 saturated heterocycles. The summed E-state index contributed by atoms with van der Waals surface area (Å²) in [6.45, 7) is 7.35. The summed E-state index contributed by atoms with van der Waals surface area (Å²) in [6.07, 6.45) is 10.9. The van der Waals surface area contributed by atoms with Crippen molar-refractivity contribution in [3.05, 3.63) is 11.6 Å². The van der Waals surface area contributed by atoms with E-state index in [4.69, 9.17) is 0 Å². The maximum atomic E-state index is 11.8. The number of carbonyl (C=O) groups is 1. The average Bonchev–Trinajstić information content (AvgIpc) is 2.76. The first kappa shape index (κ1) is 13.8. The van der Waals surface area contributed by atoms with Crippen LogP contribution in [-0.2, 0) is 4.79 Å². The molecule has 0 spiro atoms. The number of fused-ring (bicyclic) bond motifs is 5. The molecule has 0 radical (unpaired) electrons. The van der Waals surface area contributed by atoms with Gasteiger partial charge in [-0.1, -0.05) is 25.5 Å². The largest absolute Gasteiger partial charge is 0.353 e. The zero-order chi connectivity index (χ0) is 14.8. The summed E-state index contributed by atoms with van der Waals surface area (Å²) in [6, 6.07) is 0.444. The van der Waals surface area contributed by atoms with Gasteiger partial charge < -0.3 is 5.32 Å². The number of hydrogen-bond acceptors (Lipinski definition) is 1. The number of piperidine rings is 1. The molecule has 1 N–H and O–H groups in total. The summed E-state index contributed by atoms with van der Waals surface area (Å²) < 4.78 is 0. The second-order valence-corrected chi connectivity index (χ2v) is 8.66. The number of hydrogen-bond donors (Lipinski definition) is 1. The van der Waals surface area contributed by atoms with Crippen molar-refractivity contribution in [3.8, 4) is 0 Å². The lowest BCUT2D eigenvalue weighted by atomic mass is 9.47. The van der Waals surface area contributed by atoms with Gasteiger partial charge in [-0.2, -0.15) is 0 Å². The lowest BCUT2D eigenvalue weighted by Crippen LogP contribution is -2.60. The van der Waals surface area contributed by atoms with Crippen molar-refractivity contribution >= 4 is 5.91 Å². The Hall–Kier alpha value is -0.790. The number of carbonyl (C=O) groups excluding carboxylic acids is 1. The Morgan fingerprint density at radius 3 is 2.76 bits per heavy atom. The van der Waals surface area contributed by atoms with E-state index in [0.717, 1.165) is 30.6 Å². The molecule has 116 valence electrons. The van der Waals surface area contributed by atoms with Gasteiger partial charge in [-0.05, 0) is 74.0 Å². The van der Waals surface area contributed by atoms with Crippen LogP contribution >= 0.6 is 0 Å². The molecule has 1 aliphatic heterocycles. The number of nitrogens with one attached hydrogen (secondary N) is 1. The molecule has 4 rings (SSSR count). The van der Waals surface area contributed by atoms with Crippen molar-refractivity contribution in [2.45, 2.75) is 71.8 Å². The van der Waals surface area contributed by atoms with Gasteiger partial charge in [0.15, 0.2) is 0 Å². The molecule has 0 aromatic rings. The standard InChI is InChI=1S/C19H29NO/c1-12-4-6-14-13-5-7-16-19(3,11-9-17(21)20-16)15(13)8-10-18(12,14)2/h4,13-16H,5-11H2,1-3H3,(H,20,21). The maximum Gasteiger partial charge on any atom is 0.220 e. The maximum absolute atomic E-state index is 11.8. The molecule has 2 heteroatoms. The van der Waals surface area contributed by atoms with Gasteiger partial charge in [-0.3, -0.25) is 4.79 Å².